The zero-order valence-electron chi connectivity index (χ0n) is 14.4. The topological polar surface area (TPSA) is 64.1 Å². The Hall–Kier alpha value is -1.95. The molecule has 2 aromatic heterocycles. The Morgan fingerprint density at radius 2 is 2.12 bits per heavy atom. The number of rotatable bonds is 8. The Labute approximate surface area is 151 Å². The monoisotopic (exact) mass is 357 g/mol. The van der Waals surface area contributed by atoms with Crippen LogP contribution in [0.3, 0.4) is 0 Å². The fraction of sp³-hybridized carbons (Fsp3) is 0.526. The smallest absolute Gasteiger partial charge is 0.270 e. The highest BCUT2D eigenvalue weighted by molar-refractivity contribution is 7.09. The van der Waals surface area contributed by atoms with E-state index in [1.54, 1.807) is 23.6 Å². The lowest BCUT2D eigenvalue weighted by atomic mass is 10.1. The van der Waals surface area contributed by atoms with Crippen molar-refractivity contribution >= 4 is 17.2 Å². The van der Waals surface area contributed by atoms with Gasteiger partial charge in [0, 0.05) is 17.1 Å². The van der Waals surface area contributed by atoms with E-state index in [1.165, 1.54) is 25.7 Å². The predicted molar refractivity (Wildman–Crippen MR) is 96.9 cm³/mol. The molecule has 0 unspecified atom stereocenters. The molecule has 2 saturated carbocycles. The van der Waals surface area contributed by atoms with Crippen LogP contribution in [0.2, 0.25) is 0 Å². The van der Waals surface area contributed by atoms with Crippen LogP contribution in [-0.4, -0.2) is 22.5 Å². The van der Waals surface area contributed by atoms with Crippen LogP contribution in [0, 0.1) is 18.8 Å². The SMILES string of the molecule is Cc1ccc(C(=O)N[C@@H](CC2CC2)c2nccs2)nc1OCC1CC1. The molecule has 0 aliphatic heterocycles. The number of hydrogen-bond acceptors (Lipinski definition) is 5. The van der Waals surface area contributed by atoms with Gasteiger partial charge in [-0.3, -0.25) is 4.79 Å². The third kappa shape index (κ3) is 4.37. The fourth-order valence-electron chi connectivity index (χ4n) is 2.81. The molecule has 2 aliphatic rings. The van der Waals surface area contributed by atoms with Gasteiger partial charge in [-0.2, -0.15) is 0 Å². The first kappa shape index (κ1) is 16.5. The first-order chi connectivity index (χ1) is 12.2. The van der Waals surface area contributed by atoms with Gasteiger partial charge in [0.15, 0.2) is 0 Å². The number of carbonyl (C=O) groups excluding carboxylic acids is 1. The first-order valence-electron chi connectivity index (χ1n) is 8.99. The van der Waals surface area contributed by atoms with Crippen LogP contribution in [0.5, 0.6) is 5.88 Å². The summed E-state index contributed by atoms with van der Waals surface area (Å²) in [6.07, 6.45) is 7.71. The van der Waals surface area contributed by atoms with Gasteiger partial charge in [0.05, 0.1) is 12.6 Å². The zero-order chi connectivity index (χ0) is 17.2. The van der Waals surface area contributed by atoms with Crippen molar-refractivity contribution in [3.63, 3.8) is 0 Å². The Bertz CT molecular complexity index is 739. The first-order valence-corrected chi connectivity index (χ1v) is 9.87. The molecule has 2 aliphatic carbocycles. The molecule has 2 aromatic rings. The van der Waals surface area contributed by atoms with Gasteiger partial charge in [-0.05, 0) is 44.1 Å². The molecule has 1 amide bonds. The van der Waals surface area contributed by atoms with Crippen LogP contribution in [0.15, 0.2) is 23.7 Å². The Kier molecular flexibility index (Phi) is 4.70. The number of amides is 1. The highest BCUT2D eigenvalue weighted by Crippen LogP contribution is 2.38. The second-order valence-electron chi connectivity index (χ2n) is 7.15. The van der Waals surface area contributed by atoms with E-state index >= 15 is 0 Å². The van der Waals surface area contributed by atoms with Crippen LogP contribution >= 0.6 is 11.3 Å². The number of aryl methyl sites for hydroxylation is 1. The average molecular weight is 357 g/mol. The lowest BCUT2D eigenvalue weighted by Crippen LogP contribution is -2.29. The summed E-state index contributed by atoms with van der Waals surface area (Å²) in [5.41, 5.74) is 1.38. The number of nitrogens with one attached hydrogen (secondary N) is 1. The van der Waals surface area contributed by atoms with Crippen molar-refractivity contribution < 1.29 is 9.53 Å². The van der Waals surface area contributed by atoms with E-state index in [0.29, 0.717) is 30.0 Å². The molecule has 5 nitrogen and oxygen atoms in total. The van der Waals surface area contributed by atoms with E-state index in [1.807, 2.05) is 18.4 Å². The molecule has 4 rings (SSSR count). The van der Waals surface area contributed by atoms with Gasteiger partial charge < -0.3 is 10.1 Å². The second kappa shape index (κ2) is 7.12. The van der Waals surface area contributed by atoms with Crippen LogP contribution in [0.4, 0.5) is 0 Å². The van der Waals surface area contributed by atoms with Crippen molar-refractivity contribution in [2.75, 3.05) is 6.61 Å². The largest absolute Gasteiger partial charge is 0.477 e. The predicted octanol–water partition coefficient (Wildman–Crippen LogP) is 3.91. The molecule has 1 N–H and O–H groups in total. The molecule has 0 aromatic carbocycles. The lowest BCUT2D eigenvalue weighted by molar-refractivity contribution is 0.0927. The summed E-state index contributed by atoms with van der Waals surface area (Å²) in [6.45, 7) is 2.66. The maximum Gasteiger partial charge on any atom is 0.270 e. The molecule has 132 valence electrons. The standard InChI is InChI=1S/C19H23N3O2S/c1-12-2-7-15(22-18(12)24-11-14-5-6-14)17(23)21-16(10-13-3-4-13)19-20-8-9-25-19/h2,7-9,13-14,16H,3-6,10-11H2,1H3,(H,21,23)/t16-/m0/s1. The van der Waals surface area contributed by atoms with Gasteiger partial charge in [-0.25, -0.2) is 9.97 Å². The van der Waals surface area contributed by atoms with Crippen molar-refractivity contribution in [3.05, 3.63) is 40.0 Å². The molecule has 25 heavy (non-hydrogen) atoms. The summed E-state index contributed by atoms with van der Waals surface area (Å²) < 4.78 is 5.80. The highest BCUT2D eigenvalue weighted by Gasteiger charge is 2.29. The number of aromatic nitrogens is 2. The summed E-state index contributed by atoms with van der Waals surface area (Å²) in [4.78, 5) is 21.6. The van der Waals surface area contributed by atoms with Crippen molar-refractivity contribution in [2.24, 2.45) is 11.8 Å². The van der Waals surface area contributed by atoms with Crippen molar-refractivity contribution in [3.8, 4) is 5.88 Å². The summed E-state index contributed by atoms with van der Waals surface area (Å²) in [6, 6.07) is 3.65. The van der Waals surface area contributed by atoms with Crippen LogP contribution in [0.25, 0.3) is 0 Å². The number of carbonyl (C=O) groups is 1. The van der Waals surface area contributed by atoms with Gasteiger partial charge in [0.2, 0.25) is 5.88 Å². The van der Waals surface area contributed by atoms with Crippen molar-refractivity contribution in [1.82, 2.24) is 15.3 Å². The Balaban J connectivity index is 1.45. The van der Waals surface area contributed by atoms with E-state index in [4.69, 9.17) is 4.74 Å². The Morgan fingerprint density at radius 1 is 1.32 bits per heavy atom. The van der Waals surface area contributed by atoms with Gasteiger partial charge in [0.1, 0.15) is 10.7 Å². The van der Waals surface area contributed by atoms with Crippen molar-refractivity contribution in [1.29, 1.82) is 0 Å². The molecule has 2 fully saturated rings. The van der Waals surface area contributed by atoms with E-state index in [2.05, 4.69) is 15.3 Å². The molecular weight excluding hydrogens is 334 g/mol. The maximum atomic E-state index is 12.7. The van der Waals surface area contributed by atoms with Gasteiger partial charge in [-0.1, -0.05) is 18.9 Å². The fourth-order valence-corrected chi connectivity index (χ4v) is 3.51. The lowest BCUT2D eigenvalue weighted by Gasteiger charge is -2.16. The summed E-state index contributed by atoms with van der Waals surface area (Å²) in [5.74, 6) is 1.79. The summed E-state index contributed by atoms with van der Waals surface area (Å²) in [7, 11) is 0. The number of nitrogens with zero attached hydrogens (tertiary/aromatic N) is 2. The average Bonchev–Trinajstić information content (AvgIpc) is 3.54. The molecule has 1 atom stereocenters. The molecule has 0 spiro atoms. The van der Waals surface area contributed by atoms with Gasteiger partial charge in [-0.15, -0.1) is 11.3 Å². The summed E-state index contributed by atoms with van der Waals surface area (Å²) in [5, 5.41) is 6.05. The van der Waals surface area contributed by atoms with E-state index in [9.17, 15) is 4.79 Å². The second-order valence-corrected chi connectivity index (χ2v) is 8.07. The quantitative estimate of drug-likeness (QED) is 0.778. The highest BCUT2D eigenvalue weighted by atomic mass is 32.1. The minimum atomic E-state index is -0.155. The third-order valence-corrected chi connectivity index (χ3v) is 5.65. The minimum Gasteiger partial charge on any atom is -0.477 e. The number of pyridine rings is 1. The van der Waals surface area contributed by atoms with Gasteiger partial charge >= 0.3 is 0 Å². The minimum absolute atomic E-state index is 0.0288. The zero-order valence-corrected chi connectivity index (χ0v) is 15.2. The molecular formula is C19H23N3O2S. The van der Waals surface area contributed by atoms with Crippen LogP contribution in [0.1, 0.15) is 59.2 Å². The van der Waals surface area contributed by atoms with Crippen LogP contribution < -0.4 is 10.1 Å². The number of thiazole rings is 1. The van der Waals surface area contributed by atoms with E-state index in [-0.39, 0.29) is 11.9 Å². The van der Waals surface area contributed by atoms with E-state index in [0.717, 1.165) is 17.0 Å². The number of ether oxygens (including phenoxy) is 1. The molecule has 0 bridgehead atoms. The van der Waals surface area contributed by atoms with E-state index < -0.39 is 0 Å². The molecule has 0 saturated heterocycles. The van der Waals surface area contributed by atoms with Gasteiger partial charge in [0.25, 0.3) is 5.91 Å². The van der Waals surface area contributed by atoms with Crippen molar-refractivity contribution in [2.45, 2.75) is 45.1 Å². The third-order valence-electron chi connectivity index (χ3n) is 4.76. The molecule has 0 radical (unpaired) electrons. The Morgan fingerprint density at radius 3 is 2.80 bits per heavy atom. The molecule has 6 heteroatoms. The van der Waals surface area contributed by atoms with Crippen LogP contribution in [-0.2, 0) is 0 Å². The normalized spacial score (nSPS) is 18.0. The molecule has 2 heterocycles. The number of hydrogen-bond donors (Lipinski definition) is 1. The maximum absolute atomic E-state index is 12.7. The summed E-state index contributed by atoms with van der Waals surface area (Å²) >= 11 is 1.59.